The minimum absolute atomic E-state index is 0.00794. The van der Waals surface area contributed by atoms with Crippen LogP contribution in [-0.4, -0.2) is 18.8 Å². The van der Waals surface area contributed by atoms with E-state index in [0.717, 1.165) is 18.4 Å². The van der Waals surface area contributed by atoms with Gasteiger partial charge >= 0.3 is 6.36 Å². The van der Waals surface area contributed by atoms with Gasteiger partial charge in [-0.15, -0.1) is 13.2 Å². The van der Waals surface area contributed by atoms with E-state index in [2.05, 4.69) is 22.2 Å². The molecule has 0 spiro atoms. The second kappa shape index (κ2) is 7.33. The fraction of sp³-hybridized carbons (Fsp3) is 0.438. The van der Waals surface area contributed by atoms with Crippen molar-refractivity contribution in [2.75, 3.05) is 6.54 Å². The third-order valence-corrected chi connectivity index (χ3v) is 3.45. The van der Waals surface area contributed by atoms with Gasteiger partial charge in [0.25, 0.3) is 0 Å². The zero-order chi connectivity index (χ0) is 16.0. The highest BCUT2D eigenvalue weighted by molar-refractivity contribution is 5.76. The molecule has 0 aliphatic heterocycles. The largest absolute Gasteiger partial charge is 0.573 e. The molecule has 6 heteroatoms. The van der Waals surface area contributed by atoms with E-state index in [0.29, 0.717) is 25.3 Å². The number of alkyl halides is 3. The van der Waals surface area contributed by atoms with Crippen molar-refractivity contribution in [1.82, 2.24) is 5.32 Å². The Morgan fingerprint density at radius 1 is 1.27 bits per heavy atom. The summed E-state index contributed by atoms with van der Waals surface area (Å²) in [5, 5.41) is 2.83. The van der Waals surface area contributed by atoms with Gasteiger partial charge in [0.2, 0.25) is 5.91 Å². The molecule has 3 nitrogen and oxygen atoms in total. The minimum atomic E-state index is -4.68. The Kier molecular flexibility index (Phi) is 5.46. The molecule has 120 valence electrons. The van der Waals surface area contributed by atoms with Gasteiger partial charge in [0.15, 0.2) is 0 Å². The van der Waals surface area contributed by atoms with Crippen LogP contribution in [0.15, 0.2) is 36.4 Å². The first kappa shape index (κ1) is 16.4. The maximum absolute atomic E-state index is 12.0. The molecule has 0 aromatic heterocycles. The predicted molar refractivity (Wildman–Crippen MR) is 76.3 cm³/mol. The summed E-state index contributed by atoms with van der Waals surface area (Å²) in [6, 6.07) is 5.67. The molecule has 0 saturated heterocycles. The number of rotatable bonds is 6. The van der Waals surface area contributed by atoms with E-state index in [1.807, 2.05) is 0 Å². The number of carbonyl (C=O) groups is 1. The summed E-state index contributed by atoms with van der Waals surface area (Å²) >= 11 is 0. The van der Waals surface area contributed by atoms with E-state index in [1.165, 1.54) is 12.1 Å². The van der Waals surface area contributed by atoms with Gasteiger partial charge in [-0.1, -0.05) is 24.3 Å². The minimum Gasteiger partial charge on any atom is -0.406 e. The number of halogens is 3. The fourth-order valence-electron chi connectivity index (χ4n) is 2.38. The van der Waals surface area contributed by atoms with Gasteiger partial charge in [0.1, 0.15) is 5.75 Å². The lowest BCUT2D eigenvalue weighted by molar-refractivity contribution is -0.274. The molecular formula is C16H18F3NO2. The number of hydrogen-bond donors (Lipinski definition) is 1. The smallest absolute Gasteiger partial charge is 0.406 e. The third-order valence-electron chi connectivity index (χ3n) is 3.45. The Bertz CT molecular complexity index is 523. The van der Waals surface area contributed by atoms with E-state index in [-0.39, 0.29) is 11.7 Å². The van der Waals surface area contributed by atoms with Gasteiger partial charge in [0.05, 0.1) is 0 Å². The van der Waals surface area contributed by atoms with Crippen molar-refractivity contribution in [2.45, 2.75) is 32.0 Å². The van der Waals surface area contributed by atoms with Crippen molar-refractivity contribution in [3.05, 3.63) is 42.0 Å². The van der Waals surface area contributed by atoms with Gasteiger partial charge < -0.3 is 10.1 Å². The topological polar surface area (TPSA) is 38.3 Å². The summed E-state index contributed by atoms with van der Waals surface area (Å²) in [6.07, 6.45) is 2.59. The van der Waals surface area contributed by atoms with Crippen LogP contribution in [-0.2, 0) is 11.2 Å². The molecule has 0 saturated carbocycles. The highest BCUT2D eigenvalue weighted by atomic mass is 19.4. The maximum atomic E-state index is 12.0. The van der Waals surface area contributed by atoms with Crippen LogP contribution in [0.3, 0.4) is 0 Å². The average Bonchev–Trinajstić information content (AvgIpc) is 2.92. The van der Waals surface area contributed by atoms with Gasteiger partial charge in [-0.05, 0) is 42.9 Å². The molecule has 0 heterocycles. The van der Waals surface area contributed by atoms with Crippen LogP contribution in [0.4, 0.5) is 13.2 Å². The van der Waals surface area contributed by atoms with E-state index in [4.69, 9.17) is 0 Å². The van der Waals surface area contributed by atoms with Crippen LogP contribution in [0.2, 0.25) is 0 Å². The highest BCUT2D eigenvalue weighted by Gasteiger charge is 2.30. The van der Waals surface area contributed by atoms with Crippen LogP contribution in [0.1, 0.15) is 24.8 Å². The van der Waals surface area contributed by atoms with Crippen molar-refractivity contribution in [1.29, 1.82) is 0 Å². The van der Waals surface area contributed by atoms with Crippen LogP contribution >= 0.6 is 0 Å². The Hall–Kier alpha value is -1.98. The lowest BCUT2D eigenvalue weighted by atomic mass is 10.1. The molecule has 1 aromatic rings. The molecule has 1 N–H and O–H groups in total. The quantitative estimate of drug-likeness (QED) is 0.815. The molecule has 0 fully saturated rings. The Morgan fingerprint density at radius 2 is 2.00 bits per heavy atom. The Balaban J connectivity index is 1.70. The zero-order valence-corrected chi connectivity index (χ0v) is 12.0. The molecule has 0 bridgehead atoms. The molecule has 1 amide bonds. The Morgan fingerprint density at radius 3 is 2.59 bits per heavy atom. The number of nitrogens with one attached hydrogen (secondary N) is 1. The third kappa shape index (κ3) is 5.79. The van der Waals surface area contributed by atoms with Gasteiger partial charge in [-0.2, -0.15) is 0 Å². The number of benzene rings is 1. The summed E-state index contributed by atoms with van der Waals surface area (Å²) in [5.41, 5.74) is 0.843. The van der Waals surface area contributed by atoms with E-state index < -0.39 is 6.36 Å². The lowest BCUT2D eigenvalue weighted by Crippen LogP contribution is -2.27. The number of hydrogen-bond acceptors (Lipinski definition) is 2. The standard InChI is InChI=1S/C16H18F3NO2/c17-16(18,19)22-14-7-5-12(6-8-14)9-10-20-15(21)11-13-3-1-2-4-13/h1,3,5-8,13H,2,4,9-11H2,(H,20,21). The van der Waals surface area contributed by atoms with Crippen LogP contribution in [0.25, 0.3) is 0 Å². The number of amides is 1. The number of allylic oxidation sites excluding steroid dienone is 2. The predicted octanol–water partition coefficient (Wildman–Crippen LogP) is 3.60. The first-order valence-electron chi connectivity index (χ1n) is 7.20. The maximum Gasteiger partial charge on any atom is 0.573 e. The average molecular weight is 313 g/mol. The van der Waals surface area contributed by atoms with Gasteiger partial charge in [-0.3, -0.25) is 4.79 Å². The summed E-state index contributed by atoms with van der Waals surface area (Å²) in [5.74, 6) is 0.0979. The van der Waals surface area contributed by atoms with Crippen molar-refractivity contribution >= 4 is 5.91 Å². The first-order chi connectivity index (χ1) is 10.4. The van der Waals surface area contributed by atoms with Crippen LogP contribution in [0.5, 0.6) is 5.75 Å². The molecule has 1 unspecified atom stereocenters. The van der Waals surface area contributed by atoms with Crippen molar-refractivity contribution < 1.29 is 22.7 Å². The molecule has 1 aromatic carbocycles. The summed E-state index contributed by atoms with van der Waals surface area (Å²) < 4.78 is 39.9. The fourth-order valence-corrected chi connectivity index (χ4v) is 2.38. The molecule has 1 aliphatic carbocycles. The van der Waals surface area contributed by atoms with Crippen molar-refractivity contribution in [2.24, 2.45) is 5.92 Å². The SMILES string of the molecule is O=C(CC1C=CCC1)NCCc1ccc(OC(F)(F)F)cc1. The van der Waals surface area contributed by atoms with Crippen LogP contribution < -0.4 is 10.1 Å². The number of carbonyl (C=O) groups excluding carboxylic acids is 1. The summed E-state index contributed by atoms with van der Waals surface area (Å²) in [4.78, 5) is 11.7. The van der Waals surface area contributed by atoms with E-state index in [9.17, 15) is 18.0 Å². The van der Waals surface area contributed by atoms with Gasteiger partial charge in [0, 0.05) is 13.0 Å². The first-order valence-corrected chi connectivity index (χ1v) is 7.20. The van der Waals surface area contributed by atoms with E-state index >= 15 is 0 Å². The molecular weight excluding hydrogens is 295 g/mol. The summed E-state index contributed by atoms with van der Waals surface area (Å²) in [6.45, 7) is 0.467. The molecule has 2 rings (SSSR count). The molecule has 1 aliphatic rings. The zero-order valence-electron chi connectivity index (χ0n) is 12.0. The summed E-state index contributed by atoms with van der Waals surface area (Å²) in [7, 11) is 0. The number of ether oxygens (including phenoxy) is 1. The molecule has 1 atom stereocenters. The van der Waals surface area contributed by atoms with Gasteiger partial charge in [-0.25, -0.2) is 0 Å². The lowest BCUT2D eigenvalue weighted by Gasteiger charge is -2.10. The Labute approximate surface area is 127 Å². The van der Waals surface area contributed by atoms with Crippen LogP contribution in [0, 0.1) is 5.92 Å². The highest BCUT2D eigenvalue weighted by Crippen LogP contribution is 2.23. The van der Waals surface area contributed by atoms with E-state index in [1.54, 1.807) is 12.1 Å². The second-order valence-electron chi connectivity index (χ2n) is 5.26. The molecule has 0 radical (unpaired) electrons. The van der Waals surface area contributed by atoms with Crippen molar-refractivity contribution in [3.8, 4) is 5.75 Å². The normalized spacial score (nSPS) is 17.5. The molecule has 22 heavy (non-hydrogen) atoms. The van der Waals surface area contributed by atoms with Crippen molar-refractivity contribution in [3.63, 3.8) is 0 Å². The monoisotopic (exact) mass is 313 g/mol. The second-order valence-corrected chi connectivity index (χ2v) is 5.26.